The molecule has 2 heterocycles. The van der Waals surface area contributed by atoms with Crippen molar-refractivity contribution in [1.29, 1.82) is 0 Å². The van der Waals surface area contributed by atoms with E-state index in [0.29, 0.717) is 12.1 Å². The van der Waals surface area contributed by atoms with Crippen LogP contribution in [0.1, 0.15) is 37.4 Å². The second-order valence-corrected chi connectivity index (χ2v) is 10.6. The van der Waals surface area contributed by atoms with Crippen LogP contribution < -0.4 is 20.1 Å². The molecule has 2 amide bonds. The third kappa shape index (κ3) is 4.62. The van der Waals surface area contributed by atoms with Crippen molar-refractivity contribution in [1.82, 2.24) is 5.32 Å². The summed E-state index contributed by atoms with van der Waals surface area (Å²) in [6.07, 6.45) is -4.99. The summed E-state index contributed by atoms with van der Waals surface area (Å²) >= 11 is 6.15. The minimum Gasteiger partial charge on any atom is -0.473 e. The van der Waals surface area contributed by atoms with Crippen molar-refractivity contribution >= 4 is 44.8 Å². The number of sulfonamides is 1. The lowest BCUT2D eigenvalue weighted by atomic mass is 9.91. The number of anilines is 2. The number of alkyl halides is 3. The predicted octanol–water partition coefficient (Wildman–Crippen LogP) is 3.92. The summed E-state index contributed by atoms with van der Waals surface area (Å²) < 4.78 is 99.2. The van der Waals surface area contributed by atoms with Gasteiger partial charge in [-0.2, -0.15) is 13.2 Å². The first-order chi connectivity index (χ1) is 18.1. The largest absolute Gasteiger partial charge is 0.473 e. The first-order valence-corrected chi connectivity index (χ1v) is 12.7. The number of carbonyl (C=O) groups is 2. The lowest BCUT2D eigenvalue weighted by Crippen LogP contribution is -2.41. The van der Waals surface area contributed by atoms with Crippen LogP contribution in [0.5, 0.6) is 5.75 Å². The molecule has 9 nitrogen and oxygen atoms in total. The number of halogens is 6. The van der Waals surface area contributed by atoms with Crippen molar-refractivity contribution in [3.63, 3.8) is 0 Å². The SMILES string of the molecule is O=C(Nc1cc2c(c3c1C(O)(c1cc(F)ccc1Cl)NC3=O)NS(=O)(=O)CO2)c1cc(F)cc(C(F)(F)F)c1. The van der Waals surface area contributed by atoms with Gasteiger partial charge in [-0.1, -0.05) is 11.6 Å². The van der Waals surface area contributed by atoms with E-state index >= 15 is 0 Å². The molecular weight excluding hydrogens is 577 g/mol. The molecule has 2 aliphatic rings. The van der Waals surface area contributed by atoms with Crippen molar-refractivity contribution < 1.29 is 49.8 Å². The van der Waals surface area contributed by atoms with Crippen LogP contribution in [-0.4, -0.2) is 31.3 Å². The number of hydrogen-bond donors (Lipinski definition) is 4. The highest BCUT2D eigenvalue weighted by atomic mass is 35.5. The molecule has 16 heteroatoms. The van der Waals surface area contributed by atoms with Crippen LogP contribution in [0, 0.1) is 11.6 Å². The van der Waals surface area contributed by atoms with Crippen LogP contribution in [0.25, 0.3) is 0 Å². The Kier molecular flexibility index (Phi) is 6.01. The Labute approximate surface area is 220 Å². The molecule has 0 bridgehead atoms. The second kappa shape index (κ2) is 8.79. The highest BCUT2D eigenvalue weighted by molar-refractivity contribution is 7.92. The standard InChI is InChI=1S/C23H13ClF5N3O6S/c24-14-2-1-11(25)6-13(14)22(35)18-15(30-20(33)9-3-10(23(27,28)29)5-12(26)4-9)7-16-19(17(18)21(34)31-22)32-39(36,37)8-38-16/h1-7,32,35H,8H2,(H,30,33)(H,31,34). The molecule has 0 aliphatic carbocycles. The van der Waals surface area contributed by atoms with E-state index in [4.69, 9.17) is 16.3 Å². The summed E-state index contributed by atoms with van der Waals surface area (Å²) in [5.74, 6) is -5.85. The van der Waals surface area contributed by atoms with Crippen molar-refractivity contribution in [2.24, 2.45) is 0 Å². The Balaban J connectivity index is 1.72. The summed E-state index contributed by atoms with van der Waals surface area (Å²) in [7, 11) is -4.12. The van der Waals surface area contributed by atoms with Gasteiger partial charge in [0.1, 0.15) is 23.1 Å². The molecule has 4 N–H and O–H groups in total. The molecule has 0 saturated carbocycles. The van der Waals surface area contributed by atoms with Crippen LogP contribution >= 0.6 is 11.6 Å². The fraction of sp³-hybridized carbons (Fsp3) is 0.130. The van der Waals surface area contributed by atoms with Gasteiger partial charge in [0.15, 0.2) is 5.72 Å². The number of ether oxygens (including phenoxy) is 1. The van der Waals surface area contributed by atoms with Gasteiger partial charge in [-0.25, -0.2) is 17.2 Å². The number of nitrogens with one attached hydrogen (secondary N) is 3. The van der Waals surface area contributed by atoms with Crippen molar-refractivity contribution in [3.8, 4) is 5.75 Å². The Morgan fingerprint density at radius 2 is 1.82 bits per heavy atom. The van der Waals surface area contributed by atoms with E-state index in [1.54, 1.807) is 0 Å². The lowest BCUT2D eigenvalue weighted by molar-refractivity contribution is -0.137. The van der Waals surface area contributed by atoms with E-state index in [0.717, 1.165) is 24.3 Å². The third-order valence-corrected chi connectivity index (χ3v) is 7.13. The number of benzene rings is 3. The van der Waals surface area contributed by atoms with Crippen LogP contribution in [0.2, 0.25) is 5.02 Å². The maximum atomic E-state index is 14.1. The number of fused-ring (bicyclic) bond motifs is 3. The van der Waals surface area contributed by atoms with Crippen LogP contribution in [-0.2, 0) is 21.9 Å². The molecule has 3 aromatic carbocycles. The molecule has 1 unspecified atom stereocenters. The van der Waals surface area contributed by atoms with Gasteiger partial charge in [0.05, 0.1) is 16.8 Å². The maximum Gasteiger partial charge on any atom is 0.416 e. The summed E-state index contributed by atoms with van der Waals surface area (Å²) in [6, 6.07) is 4.84. The third-order valence-electron chi connectivity index (χ3n) is 5.86. The van der Waals surface area contributed by atoms with E-state index in [1.165, 1.54) is 0 Å². The zero-order valence-corrected chi connectivity index (χ0v) is 20.5. The van der Waals surface area contributed by atoms with Crippen molar-refractivity contribution in [2.45, 2.75) is 11.9 Å². The van der Waals surface area contributed by atoms with Crippen molar-refractivity contribution in [3.05, 3.63) is 86.9 Å². The van der Waals surface area contributed by atoms with Gasteiger partial charge in [0.2, 0.25) is 5.94 Å². The first kappa shape index (κ1) is 26.6. The molecule has 0 radical (unpaired) electrons. The zero-order valence-electron chi connectivity index (χ0n) is 18.9. The average Bonchev–Trinajstić information content (AvgIpc) is 3.11. The molecule has 1 atom stereocenters. The fourth-order valence-corrected chi connectivity index (χ4v) is 5.35. The van der Waals surface area contributed by atoms with Gasteiger partial charge in [-0.05, 0) is 36.4 Å². The maximum absolute atomic E-state index is 14.1. The summed E-state index contributed by atoms with van der Waals surface area (Å²) in [4.78, 5) is 26.1. The molecule has 0 fully saturated rings. The van der Waals surface area contributed by atoms with Crippen LogP contribution in [0.4, 0.5) is 33.3 Å². The van der Waals surface area contributed by atoms with E-state index in [1.807, 2.05) is 0 Å². The molecule has 0 saturated heterocycles. The Morgan fingerprint density at radius 3 is 2.51 bits per heavy atom. The first-order valence-electron chi connectivity index (χ1n) is 10.6. The minimum atomic E-state index is -4.99. The van der Waals surface area contributed by atoms with Gasteiger partial charge >= 0.3 is 6.18 Å². The molecule has 2 aliphatic heterocycles. The smallest absolute Gasteiger partial charge is 0.416 e. The number of hydrogen-bond acceptors (Lipinski definition) is 6. The summed E-state index contributed by atoms with van der Waals surface area (Å²) in [6.45, 7) is 0. The fourth-order valence-electron chi connectivity index (χ4n) is 4.25. The predicted molar refractivity (Wildman–Crippen MR) is 126 cm³/mol. The average molecular weight is 590 g/mol. The molecule has 0 aromatic heterocycles. The second-order valence-electron chi connectivity index (χ2n) is 8.50. The number of amides is 2. The molecule has 204 valence electrons. The molecule has 39 heavy (non-hydrogen) atoms. The molecular formula is C23H13ClF5N3O6S. The van der Waals surface area contributed by atoms with Gasteiger partial charge in [0, 0.05) is 27.8 Å². The van der Waals surface area contributed by atoms with E-state index in [-0.39, 0.29) is 16.8 Å². The Morgan fingerprint density at radius 1 is 1.10 bits per heavy atom. The van der Waals surface area contributed by atoms with Gasteiger partial charge in [-0.15, -0.1) is 0 Å². The quantitative estimate of drug-likeness (QED) is 0.342. The van der Waals surface area contributed by atoms with Gasteiger partial charge in [-0.3, -0.25) is 14.3 Å². The van der Waals surface area contributed by atoms with Crippen LogP contribution in [0.15, 0.2) is 42.5 Å². The van der Waals surface area contributed by atoms with E-state index < -0.39 is 90.5 Å². The van der Waals surface area contributed by atoms with Crippen molar-refractivity contribution in [2.75, 3.05) is 16.0 Å². The number of carbonyl (C=O) groups excluding carboxylic acids is 2. The Hall–Kier alpha value is -3.95. The van der Waals surface area contributed by atoms with Gasteiger partial charge < -0.3 is 20.5 Å². The summed E-state index contributed by atoms with van der Waals surface area (Å²) in [5.41, 5.74) is -7.31. The molecule has 3 aromatic rings. The normalized spacial score (nSPS) is 19.3. The van der Waals surface area contributed by atoms with Crippen LogP contribution in [0.3, 0.4) is 0 Å². The Bertz CT molecular complexity index is 1700. The zero-order chi connectivity index (χ0) is 28.5. The highest BCUT2D eigenvalue weighted by Crippen LogP contribution is 2.49. The number of aliphatic hydroxyl groups is 1. The molecule has 5 rings (SSSR count). The van der Waals surface area contributed by atoms with E-state index in [2.05, 4.69) is 15.4 Å². The number of rotatable bonds is 3. The highest BCUT2D eigenvalue weighted by Gasteiger charge is 2.49. The van der Waals surface area contributed by atoms with E-state index in [9.17, 15) is 45.1 Å². The lowest BCUT2D eigenvalue weighted by Gasteiger charge is -2.29. The summed E-state index contributed by atoms with van der Waals surface area (Å²) in [5, 5.41) is 15.7. The van der Waals surface area contributed by atoms with Gasteiger partial charge in [0.25, 0.3) is 21.8 Å². The monoisotopic (exact) mass is 589 g/mol. The topological polar surface area (TPSA) is 134 Å². The molecule has 0 spiro atoms. The minimum absolute atomic E-state index is 0.181.